The minimum Gasteiger partial charge on any atom is -0.494 e. The second-order valence-electron chi connectivity index (χ2n) is 8.01. The van der Waals surface area contributed by atoms with Crippen LogP contribution in [0.5, 0.6) is 5.75 Å². The number of ether oxygens (including phenoxy) is 3. The lowest BCUT2D eigenvalue weighted by Crippen LogP contribution is -2.67. The van der Waals surface area contributed by atoms with Crippen molar-refractivity contribution in [3.63, 3.8) is 0 Å². The number of benzene rings is 1. The van der Waals surface area contributed by atoms with Crippen molar-refractivity contribution in [3.05, 3.63) is 29.3 Å². The maximum atomic E-state index is 11.4. The molecule has 3 aliphatic heterocycles. The zero-order valence-corrected chi connectivity index (χ0v) is 16.1. The zero-order valence-electron chi connectivity index (χ0n) is 16.1. The van der Waals surface area contributed by atoms with Gasteiger partial charge in [-0.15, -0.1) is 0 Å². The van der Waals surface area contributed by atoms with Crippen molar-refractivity contribution in [2.75, 3.05) is 39.6 Å². The Kier molecular flexibility index (Phi) is 5.71. The molecule has 1 aromatic rings. The molecular formula is C21H31NO5. The Hall–Kier alpha value is -1.18. The molecule has 3 heterocycles. The average molecular weight is 377 g/mol. The van der Waals surface area contributed by atoms with Crippen LogP contribution in [-0.2, 0) is 22.6 Å². The normalized spacial score (nSPS) is 34.0. The van der Waals surface area contributed by atoms with E-state index in [4.69, 9.17) is 14.2 Å². The Morgan fingerprint density at radius 3 is 2.93 bits per heavy atom. The van der Waals surface area contributed by atoms with Crippen molar-refractivity contribution in [3.8, 4) is 5.75 Å². The third-order valence-corrected chi connectivity index (χ3v) is 6.54. The van der Waals surface area contributed by atoms with Crippen molar-refractivity contribution in [1.82, 2.24) is 4.90 Å². The fourth-order valence-corrected chi connectivity index (χ4v) is 5.14. The van der Waals surface area contributed by atoms with Crippen LogP contribution in [-0.4, -0.2) is 66.3 Å². The number of likely N-dealkylation sites (tertiary alicyclic amines) is 1. The fourth-order valence-electron chi connectivity index (χ4n) is 5.14. The molecule has 2 N–H and O–H groups in total. The highest BCUT2D eigenvalue weighted by Gasteiger charge is 2.55. The SMILES string of the molecule is CCOc1ccc(CN2C[C@@H]3COCC[C@]3(O)[C@H]3COCC[C@H]32)cc1CO. The van der Waals surface area contributed by atoms with Gasteiger partial charge in [-0.25, -0.2) is 0 Å². The van der Waals surface area contributed by atoms with E-state index in [-0.39, 0.29) is 18.4 Å². The molecule has 0 spiro atoms. The quantitative estimate of drug-likeness (QED) is 0.812. The highest BCUT2D eigenvalue weighted by atomic mass is 16.5. The Morgan fingerprint density at radius 2 is 2.11 bits per heavy atom. The summed E-state index contributed by atoms with van der Waals surface area (Å²) in [5.41, 5.74) is 1.32. The maximum Gasteiger partial charge on any atom is 0.124 e. The van der Waals surface area contributed by atoms with E-state index in [0.717, 1.165) is 43.0 Å². The van der Waals surface area contributed by atoms with Crippen LogP contribution in [0, 0.1) is 11.8 Å². The number of rotatable bonds is 5. The van der Waals surface area contributed by atoms with E-state index in [2.05, 4.69) is 11.0 Å². The van der Waals surface area contributed by atoms with Gasteiger partial charge in [0.25, 0.3) is 0 Å². The number of aliphatic hydroxyl groups is 2. The monoisotopic (exact) mass is 377 g/mol. The molecule has 1 aromatic carbocycles. The predicted octanol–water partition coefficient (Wildman–Crippen LogP) is 1.57. The van der Waals surface area contributed by atoms with E-state index in [1.54, 1.807) is 0 Å². The molecule has 6 heteroatoms. The first kappa shape index (κ1) is 19.2. The van der Waals surface area contributed by atoms with E-state index in [0.29, 0.717) is 38.9 Å². The lowest BCUT2D eigenvalue weighted by atomic mass is 9.66. The second-order valence-corrected chi connectivity index (χ2v) is 8.01. The van der Waals surface area contributed by atoms with Crippen LogP contribution in [0.1, 0.15) is 30.9 Å². The van der Waals surface area contributed by atoms with Gasteiger partial charge in [-0.05, 0) is 31.0 Å². The first-order valence-corrected chi connectivity index (χ1v) is 10.1. The summed E-state index contributed by atoms with van der Waals surface area (Å²) in [6, 6.07) is 6.39. The van der Waals surface area contributed by atoms with Crippen LogP contribution in [0.15, 0.2) is 18.2 Å². The van der Waals surface area contributed by atoms with Gasteiger partial charge < -0.3 is 24.4 Å². The second kappa shape index (κ2) is 8.05. The lowest BCUT2D eigenvalue weighted by Gasteiger charge is -2.57. The summed E-state index contributed by atoms with van der Waals surface area (Å²) in [5.74, 6) is 1.00. The lowest BCUT2D eigenvalue weighted by molar-refractivity contribution is -0.221. The molecule has 0 bridgehead atoms. The smallest absolute Gasteiger partial charge is 0.124 e. The molecule has 4 atom stereocenters. The fraction of sp³-hybridized carbons (Fsp3) is 0.714. The average Bonchev–Trinajstić information content (AvgIpc) is 2.70. The summed E-state index contributed by atoms with van der Waals surface area (Å²) in [6.45, 7) is 6.76. The van der Waals surface area contributed by atoms with E-state index in [1.807, 2.05) is 19.1 Å². The van der Waals surface area contributed by atoms with Gasteiger partial charge in [0.05, 0.1) is 32.0 Å². The number of aliphatic hydroxyl groups excluding tert-OH is 1. The van der Waals surface area contributed by atoms with E-state index < -0.39 is 5.60 Å². The number of fused-ring (bicyclic) bond motifs is 3. The van der Waals surface area contributed by atoms with Crippen LogP contribution >= 0.6 is 0 Å². The standard InChI is InChI=1S/C21H31NO5/c1-2-27-20-4-3-15(9-16(20)12-23)10-22-11-17-13-26-8-6-21(17,24)18-14-25-7-5-19(18)22/h3-4,9,17-19,23-24H,2,5-8,10-14H2,1H3/t17-,18+,19-,21-/m1/s1. The molecule has 0 aromatic heterocycles. The summed E-state index contributed by atoms with van der Waals surface area (Å²) in [7, 11) is 0. The Balaban J connectivity index is 1.56. The van der Waals surface area contributed by atoms with Crippen LogP contribution < -0.4 is 4.74 Å². The molecule has 3 fully saturated rings. The summed E-state index contributed by atoms with van der Waals surface area (Å²) in [5, 5.41) is 21.1. The summed E-state index contributed by atoms with van der Waals surface area (Å²) >= 11 is 0. The summed E-state index contributed by atoms with van der Waals surface area (Å²) in [4.78, 5) is 2.48. The molecule has 0 radical (unpaired) electrons. The number of piperidine rings is 1. The van der Waals surface area contributed by atoms with Gasteiger partial charge in [0, 0.05) is 56.2 Å². The van der Waals surface area contributed by atoms with Gasteiger partial charge >= 0.3 is 0 Å². The number of hydrogen-bond donors (Lipinski definition) is 2. The zero-order chi connectivity index (χ0) is 18.9. The number of hydrogen-bond acceptors (Lipinski definition) is 6. The van der Waals surface area contributed by atoms with Crippen LogP contribution in [0.2, 0.25) is 0 Å². The van der Waals surface area contributed by atoms with E-state index in [9.17, 15) is 10.2 Å². The molecule has 150 valence electrons. The molecule has 3 aliphatic rings. The van der Waals surface area contributed by atoms with Crippen molar-refractivity contribution < 1.29 is 24.4 Å². The van der Waals surface area contributed by atoms with Gasteiger partial charge in [0.1, 0.15) is 5.75 Å². The largest absolute Gasteiger partial charge is 0.494 e. The first-order valence-electron chi connectivity index (χ1n) is 10.1. The van der Waals surface area contributed by atoms with Crippen LogP contribution in [0.4, 0.5) is 0 Å². The van der Waals surface area contributed by atoms with Crippen molar-refractivity contribution in [2.24, 2.45) is 11.8 Å². The summed E-state index contributed by atoms with van der Waals surface area (Å²) in [6.07, 6.45) is 1.65. The third-order valence-electron chi connectivity index (χ3n) is 6.54. The number of nitrogens with zero attached hydrogens (tertiary/aromatic N) is 1. The Labute approximate surface area is 161 Å². The summed E-state index contributed by atoms with van der Waals surface area (Å²) < 4.78 is 17.0. The molecule has 0 saturated carbocycles. The molecular weight excluding hydrogens is 346 g/mol. The molecule has 0 amide bonds. The molecule has 0 unspecified atom stereocenters. The van der Waals surface area contributed by atoms with Gasteiger partial charge in [0.2, 0.25) is 0 Å². The van der Waals surface area contributed by atoms with Gasteiger partial charge in [-0.2, -0.15) is 0 Å². The van der Waals surface area contributed by atoms with E-state index >= 15 is 0 Å². The maximum absolute atomic E-state index is 11.4. The highest BCUT2D eigenvalue weighted by molar-refractivity contribution is 5.37. The minimum absolute atomic E-state index is 0.0285. The van der Waals surface area contributed by atoms with E-state index in [1.165, 1.54) is 0 Å². The molecule has 27 heavy (non-hydrogen) atoms. The third kappa shape index (κ3) is 3.61. The van der Waals surface area contributed by atoms with Crippen molar-refractivity contribution in [2.45, 2.75) is 44.6 Å². The molecule has 4 rings (SSSR count). The minimum atomic E-state index is -0.672. The first-order chi connectivity index (χ1) is 13.2. The molecule has 0 aliphatic carbocycles. The van der Waals surface area contributed by atoms with Crippen molar-refractivity contribution in [1.29, 1.82) is 0 Å². The highest BCUT2D eigenvalue weighted by Crippen LogP contribution is 2.44. The van der Waals surface area contributed by atoms with Crippen LogP contribution in [0.3, 0.4) is 0 Å². The molecule has 6 nitrogen and oxygen atoms in total. The topological polar surface area (TPSA) is 71.4 Å². The van der Waals surface area contributed by atoms with Gasteiger partial charge in [-0.1, -0.05) is 6.07 Å². The Bertz CT molecular complexity index is 653. The van der Waals surface area contributed by atoms with Crippen LogP contribution in [0.25, 0.3) is 0 Å². The van der Waals surface area contributed by atoms with Gasteiger partial charge in [-0.3, -0.25) is 4.90 Å². The van der Waals surface area contributed by atoms with Gasteiger partial charge in [0.15, 0.2) is 0 Å². The predicted molar refractivity (Wildman–Crippen MR) is 101 cm³/mol. The molecule has 3 saturated heterocycles. The Morgan fingerprint density at radius 1 is 1.26 bits per heavy atom. The van der Waals surface area contributed by atoms with Crippen molar-refractivity contribution >= 4 is 0 Å².